The second-order valence-corrected chi connectivity index (χ2v) is 4.83. The lowest BCUT2D eigenvalue weighted by atomic mass is 10.00. The van der Waals surface area contributed by atoms with Crippen molar-refractivity contribution in [3.63, 3.8) is 0 Å². The molecule has 0 amide bonds. The van der Waals surface area contributed by atoms with Crippen LogP contribution in [0.2, 0.25) is 0 Å². The molecule has 0 aromatic carbocycles. The van der Waals surface area contributed by atoms with Crippen molar-refractivity contribution >= 4 is 5.97 Å². The zero-order valence-electron chi connectivity index (χ0n) is 10.1. The van der Waals surface area contributed by atoms with E-state index in [9.17, 15) is 4.79 Å². The Balaban J connectivity index is 1.83. The summed E-state index contributed by atoms with van der Waals surface area (Å²) < 4.78 is 5.24. The molecule has 0 spiro atoms. The van der Waals surface area contributed by atoms with E-state index in [1.165, 1.54) is 45.7 Å². The standard InChI is InChI=1S/C12H22N2O2/c1-10(15)16-12-9-11(5-6-13-12)14-7-3-2-4-8-14/h11-13H,2-9H2,1H3. The summed E-state index contributed by atoms with van der Waals surface area (Å²) in [6.07, 6.45) is 6.06. The number of ether oxygens (including phenoxy) is 1. The van der Waals surface area contributed by atoms with Crippen LogP contribution in [0, 0.1) is 0 Å². The first-order chi connectivity index (χ1) is 7.75. The van der Waals surface area contributed by atoms with Crippen LogP contribution in [0.15, 0.2) is 0 Å². The first-order valence-corrected chi connectivity index (χ1v) is 6.40. The molecule has 0 aliphatic carbocycles. The number of carbonyl (C=O) groups is 1. The molecule has 0 aromatic rings. The third-order valence-corrected chi connectivity index (χ3v) is 3.55. The predicted octanol–water partition coefficient (Wildman–Crippen LogP) is 1.11. The number of hydrogen-bond acceptors (Lipinski definition) is 4. The minimum absolute atomic E-state index is 0.0711. The first kappa shape index (κ1) is 11.9. The van der Waals surface area contributed by atoms with Crippen molar-refractivity contribution in [2.45, 2.75) is 51.3 Å². The first-order valence-electron chi connectivity index (χ1n) is 6.40. The molecule has 0 bridgehead atoms. The van der Waals surface area contributed by atoms with Gasteiger partial charge in [-0.2, -0.15) is 0 Å². The maximum absolute atomic E-state index is 10.9. The van der Waals surface area contributed by atoms with Gasteiger partial charge in [0.15, 0.2) is 6.23 Å². The van der Waals surface area contributed by atoms with Crippen molar-refractivity contribution in [2.24, 2.45) is 0 Å². The van der Waals surface area contributed by atoms with Crippen molar-refractivity contribution in [1.82, 2.24) is 10.2 Å². The summed E-state index contributed by atoms with van der Waals surface area (Å²) in [5.41, 5.74) is 0. The van der Waals surface area contributed by atoms with Crippen molar-refractivity contribution in [3.05, 3.63) is 0 Å². The van der Waals surface area contributed by atoms with Gasteiger partial charge >= 0.3 is 5.97 Å². The molecule has 2 rings (SSSR count). The number of rotatable bonds is 2. The van der Waals surface area contributed by atoms with Crippen LogP contribution >= 0.6 is 0 Å². The zero-order chi connectivity index (χ0) is 11.4. The minimum atomic E-state index is -0.184. The summed E-state index contributed by atoms with van der Waals surface area (Å²) in [6.45, 7) is 4.88. The largest absolute Gasteiger partial charge is 0.447 e. The molecule has 2 saturated heterocycles. The van der Waals surface area contributed by atoms with E-state index in [1.54, 1.807) is 0 Å². The van der Waals surface area contributed by atoms with Gasteiger partial charge in [-0.25, -0.2) is 0 Å². The van der Waals surface area contributed by atoms with E-state index in [1.807, 2.05) is 0 Å². The number of nitrogens with zero attached hydrogens (tertiary/aromatic N) is 1. The normalized spacial score (nSPS) is 32.3. The minimum Gasteiger partial charge on any atom is -0.447 e. The van der Waals surface area contributed by atoms with Gasteiger partial charge in [0.2, 0.25) is 0 Å². The third kappa shape index (κ3) is 3.19. The Bertz CT molecular complexity index is 239. The monoisotopic (exact) mass is 226 g/mol. The molecule has 0 saturated carbocycles. The van der Waals surface area contributed by atoms with E-state index in [4.69, 9.17) is 4.74 Å². The van der Waals surface area contributed by atoms with Crippen molar-refractivity contribution in [2.75, 3.05) is 19.6 Å². The van der Waals surface area contributed by atoms with Gasteiger partial charge in [0.1, 0.15) is 0 Å². The molecule has 4 heteroatoms. The van der Waals surface area contributed by atoms with Crippen LogP contribution in [0.25, 0.3) is 0 Å². The molecule has 2 aliphatic heterocycles. The Morgan fingerprint density at radius 2 is 2.06 bits per heavy atom. The van der Waals surface area contributed by atoms with Gasteiger partial charge in [-0.05, 0) is 38.9 Å². The van der Waals surface area contributed by atoms with Crippen LogP contribution in [0.4, 0.5) is 0 Å². The Hall–Kier alpha value is -0.610. The number of piperidine rings is 2. The lowest BCUT2D eigenvalue weighted by Crippen LogP contribution is -2.50. The molecule has 2 aliphatic rings. The fourth-order valence-electron chi connectivity index (χ4n) is 2.76. The molecule has 0 radical (unpaired) electrons. The molecule has 2 atom stereocenters. The average Bonchev–Trinajstić information content (AvgIpc) is 2.30. The highest BCUT2D eigenvalue weighted by Crippen LogP contribution is 2.20. The number of hydrogen-bond donors (Lipinski definition) is 1. The highest BCUT2D eigenvalue weighted by Gasteiger charge is 2.28. The fourth-order valence-corrected chi connectivity index (χ4v) is 2.76. The van der Waals surface area contributed by atoms with E-state index >= 15 is 0 Å². The van der Waals surface area contributed by atoms with Gasteiger partial charge in [-0.15, -0.1) is 0 Å². The molecule has 0 aromatic heterocycles. The van der Waals surface area contributed by atoms with Crippen molar-refractivity contribution < 1.29 is 9.53 Å². The van der Waals surface area contributed by atoms with Gasteiger partial charge in [0.25, 0.3) is 0 Å². The third-order valence-electron chi connectivity index (χ3n) is 3.55. The number of nitrogens with one attached hydrogen (secondary N) is 1. The van der Waals surface area contributed by atoms with Crippen molar-refractivity contribution in [3.8, 4) is 0 Å². The smallest absolute Gasteiger partial charge is 0.304 e. The zero-order valence-corrected chi connectivity index (χ0v) is 10.1. The molecule has 16 heavy (non-hydrogen) atoms. The topological polar surface area (TPSA) is 41.6 Å². The van der Waals surface area contributed by atoms with Crippen LogP contribution < -0.4 is 5.32 Å². The second-order valence-electron chi connectivity index (χ2n) is 4.83. The Morgan fingerprint density at radius 3 is 2.75 bits per heavy atom. The predicted molar refractivity (Wildman–Crippen MR) is 62.0 cm³/mol. The molecule has 4 nitrogen and oxygen atoms in total. The summed E-state index contributed by atoms with van der Waals surface area (Å²) in [6, 6.07) is 0.603. The lowest BCUT2D eigenvalue weighted by Gasteiger charge is -2.39. The molecular formula is C12H22N2O2. The van der Waals surface area contributed by atoms with Gasteiger partial charge < -0.3 is 9.64 Å². The quantitative estimate of drug-likeness (QED) is 0.716. The van der Waals surface area contributed by atoms with E-state index < -0.39 is 0 Å². The molecule has 2 fully saturated rings. The summed E-state index contributed by atoms with van der Waals surface area (Å²) in [7, 11) is 0. The van der Waals surface area contributed by atoms with E-state index in [2.05, 4.69) is 10.2 Å². The second kappa shape index (κ2) is 5.64. The highest BCUT2D eigenvalue weighted by atomic mass is 16.6. The number of carbonyl (C=O) groups excluding carboxylic acids is 1. The number of likely N-dealkylation sites (tertiary alicyclic amines) is 1. The molecule has 2 unspecified atom stereocenters. The molecule has 1 N–H and O–H groups in total. The maximum atomic E-state index is 10.9. The van der Waals surface area contributed by atoms with Crippen LogP contribution in [0.1, 0.15) is 39.0 Å². The van der Waals surface area contributed by atoms with E-state index in [-0.39, 0.29) is 12.2 Å². The Labute approximate surface area is 97.3 Å². The fraction of sp³-hybridized carbons (Fsp3) is 0.917. The summed E-state index contributed by atoms with van der Waals surface area (Å²) in [4.78, 5) is 13.5. The van der Waals surface area contributed by atoms with Crippen LogP contribution in [0.3, 0.4) is 0 Å². The van der Waals surface area contributed by atoms with Crippen molar-refractivity contribution in [1.29, 1.82) is 0 Å². The Kier molecular flexibility index (Phi) is 4.18. The summed E-state index contributed by atoms with van der Waals surface area (Å²) >= 11 is 0. The summed E-state index contributed by atoms with van der Waals surface area (Å²) in [5.74, 6) is -0.184. The van der Waals surface area contributed by atoms with E-state index in [0.29, 0.717) is 6.04 Å². The SMILES string of the molecule is CC(=O)OC1CC(N2CCCCC2)CCN1. The average molecular weight is 226 g/mol. The summed E-state index contributed by atoms with van der Waals surface area (Å²) in [5, 5.41) is 3.25. The van der Waals surface area contributed by atoms with Gasteiger partial charge in [0.05, 0.1) is 0 Å². The van der Waals surface area contributed by atoms with Gasteiger partial charge in [-0.1, -0.05) is 6.42 Å². The van der Waals surface area contributed by atoms with Crippen LogP contribution in [-0.4, -0.2) is 42.8 Å². The van der Waals surface area contributed by atoms with E-state index in [0.717, 1.165) is 13.0 Å². The van der Waals surface area contributed by atoms with Crippen LogP contribution in [-0.2, 0) is 9.53 Å². The number of esters is 1. The molecular weight excluding hydrogens is 204 g/mol. The van der Waals surface area contributed by atoms with Gasteiger partial charge in [-0.3, -0.25) is 10.1 Å². The Morgan fingerprint density at radius 1 is 1.31 bits per heavy atom. The maximum Gasteiger partial charge on any atom is 0.304 e. The highest BCUT2D eigenvalue weighted by molar-refractivity contribution is 5.66. The van der Waals surface area contributed by atoms with Gasteiger partial charge in [0, 0.05) is 19.4 Å². The lowest BCUT2D eigenvalue weighted by molar-refractivity contribution is -0.150. The van der Waals surface area contributed by atoms with Crippen LogP contribution in [0.5, 0.6) is 0 Å². The molecule has 2 heterocycles. The molecule has 92 valence electrons.